The lowest BCUT2D eigenvalue weighted by Crippen LogP contribution is -2.41. The summed E-state index contributed by atoms with van der Waals surface area (Å²) in [5, 5.41) is 12.5. The number of aliphatic hydroxyl groups is 1. The molecule has 0 radical (unpaired) electrons. The Morgan fingerprint density at radius 3 is 2.32 bits per heavy atom. The predicted octanol–water partition coefficient (Wildman–Crippen LogP) is 2.21. The van der Waals surface area contributed by atoms with E-state index in [1.165, 1.54) is 0 Å². The number of aliphatic hydroxyl groups excluding tert-OH is 1. The SMILES string of the molecule is CCCOc1ccccc1OCC(CO)NC(C)C. The van der Waals surface area contributed by atoms with Gasteiger partial charge in [0.1, 0.15) is 6.61 Å². The number of hydrogen-bond donors (Lipinski definition) is 2. The van der Waals surface area contributed by atoms with Gasteiger partial charge in [-0.05, 0) is 18.6 Å². The molecule has 0 aliphatic carbocycles. The Kier molecular flexibility index (Phi) is 7.30. The van der Waals surface area contributed by atoms with Gasteiger partial charge >= 0.3 is 0 Å². The number of rotatable bonds is 9. The average Bonchev–Trinajstić information content (AvgIpc) is 2.41. The van der Waals surface area contributed by atoms with E-state index in [9.17, 15) is 5.11 Å². The molecule has 4 heteroatoms. The zero-order valence-corrected chi connectivity index (χ0v) is 12.1. The molecule has 0 heterocycles. The van der Waals surface area contributed by atoms with E-state index >= 15 is 0 Å². The Hall–Kier alpha value is -1.26. The first-order valence-corrected chi connectivity index (χ1v) is 6.88. The maximum Gasteiger partial charge on any atom is 0.161 e. The van der Waals surface area contributed by atoms with Crippen LogP contribution in [0.1, 0.15) is 27.2 Å². The highest BCUT2D eigenvalue weighted by Crippen LogP contribution is 2.26. The first kappa shape index (κ1) is 15.8. The van der Waals surface area contributed by atoms with Gasteiger partial charge in [0.15, 0.2) is 11.5 Å². The van der Waals surface area contributed by atoms with Crippen LogP contribution in [0.15, 0.2) is 24.3 Å². The second-order valence-corrected chi connectivity index (χ2v) is 4.81. The molecule has 0 aliphatic rings. The lowest BCUT2D eigenvalue weighted by atomic mass is 10.2. The van der Waals surface area contributed by atoms with Crippen molar-refractivity contribution in [3.8, 4) is 11.5 Å². The van der Waals surface area contributed by atoms with Crippen LogP contribution in [0.4, 0.5) is 0 Å². The Balaban J connectivity index is 2.55. The third kappa shape index (κ3) is 5.94. The van der Waals surface area contributed by atoms with Crippen LogP contribution < -0.4 is 14.8 Å². The molecular weight excluding hydrogens is 242 g/mol. The molecule has 0 spiro atoms. The molecular formula is C15H25NO3. The van der Waals surface area contributed by atoms with Crippen LogP contribution in [-0.4, -0.2) is 37.0 Å². The summed E-state index contributed by atoms with van der Waals surface area (Å²) in [5.74, 6) is 1.48. The highest BCUT2D eigenvalue weighted by atomic mass is 16.5. The topological polar surface area (TPSA) is 50.7 Å². The molecule has 0 aromatic heterocycles. The molecule has 4 nitrogen and oxygen atoms in total. The quantitative estimate of drug-likeness (QED) is 0.720. The maximum atomic E-state index is 9.29. The molecule has 1 aromatic rings. The van der Waals surface area contributed by atoms with Crippen molar-refractivity contribution < 1.29 is 14.6 Å². The van der Waals surface area contributed by atoms with Crippen molar-refractivity contribution in [1.29, 1.82) is 0 Å². The fraction of sp³-hybridized carbons (Fsp3) is 0.600. The number of benzene rings is 1. The van der Waals surface area contributed by atoms with Crippen molar-refractivity contribution in [2.75, 3.05) is 19.8 Å². The number of nitrogens with one attached hydrogen (secondary N) is 1. The van der Waals surface area contributed by atoms with E-state index < -0.39 is 0 Å². The number of para-hydroxylation sites is 2. The standard InChI is InChI=1S/C15H25NO3/c1-4-9-18-14-7-5-6-8-15(14)19-11-13(10-17)16-12(2)3/h5-8,12-13,16-17H,4,9-11H2,1-3H3. The zero-order valence-electron chi connectivity index (χ0n) is 12.1. The molecule has 2 N–H and O–H groups in total. The highest BCUT2D eigenvalue weighted by molar-refractivity contribution is 5.39. The third-order valence-corrected chi connectivity index (χ3v) is 2.54. The normalized spacial score (nSPS) is 12.5. The van der Waals surface area contributed by atoms with Crippen molar-refractivity contribution in [2.45, 2.75) is 39.3 Å². The van der Waals surface area contributed by atoms with E-state index in [0.717, 1.165) is 17.9 Å². The van der Waals surface area contributed by atoms with Gasteiger partial charge in [-0.3, -0.25) is 0 Å². The average molecular weight is 267 g/mol. The fourth-order valence-electron chi connectivity index (χ4n) is 1.72. The van der Waals surface area contributed by atoms with Crippen LogP contribution in [0, 0.1) is 0 Å². The van der Waals surface area contributed by atoms with E-state index in [-0.39, 0.29) is 12.6 Å². The molecule has 1 rings (SSSR count). The Morgan fingerprint density at radius 2 is 1.79 bits per heavy atom. The molecule has 0 bridgehead atoms. The molecule has 108 valence electrons. The molecule has 0 amide bonds. The van der Waals surface area contributed by atoms with E-state index in [2.05, 4.69) is 12.2 Å². The van der Waals surface area contributed by atoms with E-state index in [1.807, 2.05) is 38.1 Å². The summed E-state index contributed by atoms with van der Waals surface area (Å²) < 4.78 is 11.4. The van der Waals surface area contributed by atoms with Gasteiger partial charge in [-0.25, -0.2) is 0 Å². The van der Waals surface area contributed by atoms with E-state index in [0.29, 0.717) is 19.3 Å². The Morgan fingerprint density at radius 1 is 1.16 bits per heavy atom. The lowest BCUT2D eigenvalue weighted by molar-refractivity contribution is 0.172. The van der Waals surface area contributed by atoms with Gasteiger partial charge < -0.3 is 19.9 Å². The van der Waals surface area contributed by atoms with E-state index in [4.69, 9.17) is 9.47 Å². The van der Waals surface area contributed by atoms with Gasteiger partial charge in [0.25, 0.3) is 0 Å². The van der Waals surface area contributed by atoms with Gasteiger partial charge in [0.05, 0.1) is 19.3 Å². The van der Waals surface area contributed by atoms with Gasteiger partial charge in [0.2, 0.25) is 0 Å². The lowest BCUT2D eigenvalue weighted by Gasteiger charge is -2.20. The van der Waals surface area contributed by atoms with Crippen LogP contribution in [0.3, 0.4) is 0 Å². The minimum absolute atomic E-state index is 0.0518. The minimum atomic E-state index is -0.0702. The molecule has 1 unspecified atom stereocenters. The van der Waals surface area contributed by atoms with Crippen LogP contribution in [0.5, 0.6) is 11.5 Å². The van der Waals surface area contributed by atoms with Gasteiger partial charge in [-0.1, -0.05) is 32.9 Å². The van der Waals surface area contributed by atoms with E-state index in [1.54, 1.807) is 0 Å². The van der Waals surface area contributed by atoms with Crippen molar-refractivity contribution in [2.24, 2.45) is 0 Å². The summed E-state index contributed by atoms with van der Waals surface area (Å²) in [4.78, 5) is 0. The van der Waals surface area contributed by atoms with Crippen LogP contribution >= 0.6 is 0 Å². The van der Waals surface area contributed by atoms with Gasteiger partial charge in [0, 0.05) is 6.04 Å². The highest BCUT2D eigenvalue weighted by Gasteiger charge is 2.11. The summed E-state index contributed by atoms with van der Waals surface area (Å²) in [6, 6.07) is 7.86. The molecule has 1 aromatic carbocycles. The van der Waals surface area contributed by atoms with Gasteiger partial charge in [-0.15, -0.1) is 0 Å². The summed E-state index contributed by atoms with van der Waals surface area (Å²) in [5.41, 5.74) is 0. The first-order chi connectivity index (χ1) is 9.17. The largest absolute Gasteiger partial charge is 0.490 e. The molecule has 1 atom stereocenters. The minimum Gasteiger partial charge on any atom is -0.490 e. The summed E-state index contributed by atoms with van der Waals surface area (Å²) in [6.45, 7) is 7.30. The summed E-state index contributed by atoms with van der Waals surface area (Å²) in [7, 11) is 0. The maximum absolute atomic E-state index is 9.29. The molecule has 0 saturated heterocycles. The molecule has 0 aliphatic heterocycles. The predicted molar refractivity (Wildman–Crippen MR) is 76.9 cm³/mol. The monoisotopic (exact) mass is 267 g/mol. The van der Waals surface area contributed by atoms with Crippen molar-refractivity contribution in [3.05, 3.63) is 24.3 Å². The second-order valence-electron chi connectivity index (χ2n) is 4.81. The van der Waals surface area contributed by atoms with Crippen LogP contribution in [-0.2, 0) is 0 Å². The second kappa shape index (κ2) is 8.77. The fourth-order valence-corrected chi connectivity index (χ4v) is 1.72. The molecule has 19 heavy (non-hydrogen) atoms. The van der Waals surface area contributed by atoms with Crippen LogP contribution in [0.25, 0.3) is 0 Å². The first-order valence-electron chi connectivity index (χ1n) is 6.88. The zero-order chi connectivity index (χ0) is 14.1. The molecule has 0 saturated carbocycles. The molecule has 0 fully saturated rings. The van der Waals surface area contributed by atoms with Crippen molar-refractivity contribution >= 4 is 0 Å². The Bertz CT molecular complexity index is 355. The summed E-state index contributed by atoms with van der Waals surface area (Å²) in [6.07, 6.45) is 0.961. The number of ether oxygens (including phenoxy) is 2. The van der Waals surface area contributed by atoms with Gasteiger partial charge in [-0.2, -0.15) is 0 Å². The van der Waals surface area contributed by atoms with Crippen LogP contribution in [0.2, 0.25) is 0 Å². The summed E-state index contributed by atoms with van der Waals surface area (Å²) >= 11 is 0. The van der Waals surface area contributed by atoms with Crippen molar-refractivity contribution in [3.63, 3.8) is 0 Å². The van der Waals surface area contributed by atoms with Crippen molar-refractivity contribution in [1.82, 2.24) is 5.32 Å². The Labute approximate surface area is 115 Å². The third-order valence-electron chi connectivity index (χ3n) is 2.54. The number of hydrogen-bond acceptors (Lipinski definition) is 4. The smallest absolute Gasteiger partial charge is 0.161 e.